The fraction of sp³-hybridized carbons (Fsp3) is 0.286. The minimum Gasteiger partial charge on any atom is -0.298 e. The van der Waals surface area contributed by atoms with Gasteiger partial charge in [0.25, 0.3) is 5.91 Å². The lowest BCUT2D eigenvalue weighted by atomic mass is 10.0. The Morgan fingerprint density at radius 1 is 1.33 bits per heavy atom. The number of hydrogen-bond acceptors (Lipinski definition) is 3. The molecule has 0 atom stereocenters. The van der Waals surface area contributed by atoms with Gasteiger partial charge in [-0.3, -0.25) is 10.1 Å². The summed E-state index contributed by atoms with van der Waals surface area (Å²) in [7, 11) is 0. The molecule has 0 spiro atoms. The van der Waals surface area contributed by atoms with Gasteiger partial charge in [0, 0.05) is 17.1 Å². The molecule has 1 aromatic heterocycles. The Morgan fingerprint density at radius 3 is 2.61 bits per heavy atom. The molecule has 1 amide bonds. The molecule has 1 aromatic carbocycles. The Labute approximate surface area is 111 Å². The molecule has 1 heterocycles. The maximum atomic E-state index is 11.9. The Hall–Kier alpha value is -1.68. The summed E-state index contributed by atoms with van der Waals surface area (Å²) in [5.74, 6) is 0.515. The van der Waals surface area contributed by atoms with Crippen molar-refractivity contribution in [1.29, 1.82) is 0 Å². The van der Waals surface area contributed by atoms with Gasteiger partial charge in [-0.05, 0) is 30.0 Å². The molecule has 3 nitrogen and oxygen atoms in total. The summed E-state index contributed by atoms with van der Waals surface area (Å²) >= 11 is 1.41. The van der Waals surface area contributed by atoms with Crippen molar-refractivity contribution in [3.8, 4) is 0 Å². The molecule has 0 radical (unpaired) electrons. The molecule has 0 aliphatic carbocycles. The van der Waals surface area contributed by atoms with Gasteiger partial charge >= 0.3 is 0 Å². The standard InChI is InChI=1S/C14H16N2OS/c1-10(2)9-11-3-5-12(6-4-11)13(17)16-14-15-7-8-18-14/h3-8,10H,9H2,1-2H3,(H,15,16,17). The highest BCUT2D eigenvalue weighted by molar-refractivity contribution is 7.13. The molecule has 0 saturated carbocycles. The number of amides is 1. The van der Waals surface area contributed by atoms with Crippen molar-refractivity contribution in [3.63, 3.8) is 0 Å². The number of rotatable bonds is 4. The smallest absolute Gasteiger partial charge is 0.257 e. The van der Waals surface area contributed by atoms with E-state index >= 15 is 0 Å². The molecule has 0 aliphatic heterocycles. The van der Waals surface area contributed by atoms with Crippen LogP contribution in [-0.2, 0) is 6.42 Å². The molecule has 0 saturated heterocycles. The van der Waals surface area contributed by atoms with Gasteiger partial charge in [0.2, 0.25) is 0 Å². The van der Waals surface area contributed by atoms with E-state index in [1.165, 1.54) is 16.9 Å². The first-order valence-corrected chi connectivity index (χ1v) is 6.83. The number of benzene rings is 1. The Balaban J connectivity index is 2.03. The molecule has 18 heavy (non-hydrogen) atoms. The zero-order valence-corrected chi connectivity index (χ0v) is 11.3. The maximum absolute atomic E-state index is 11.9. The average molecular weight is 260 g/mol. The van der Waals surface area contributed by atoms with Crippen LogP contribution in [0.4, 0.5) is 5.13 Å². The van der Waals surface area contributed by atoms with Crippen molar-refractivity contribution in [2.24, 2.45) is 5.92 Å². The highest BCUT2D eigenvalue weighted by atomic mass is 32.1. The van der Waals surface area contributed by atoms with Gasteiger partial charge in [0.05, 0.1) is 0 Å². The Morgan fingerprint density at radius 2 is 2.06 bits per heavy atom. The molecule has 2 rings (SSSR count). The predicted molar refractivity (Wildman–Crippen MR) is 75.1 cm³/mol. The van der Waals surface area contributed by atoms with Crippen molar-refractivity contribution in [2.45, 2.75) is 20.3 Å². The van der Waals surface area contributed by atoms with E-state index in [4.69, 9.17) is 0 Å². The van der Waals surface area contributed by atoms with Gasteiger partial charge in [-0.2, -0.15) is 0 Å². The summed E-state index contributed by atoms with van der Waals surface area (Å²) in [5, 5.41) is 5.23. The van der Waals surface area contributed by atoms with E-state index in [1.54, 1.807) is 6.20 Å². The first kappa shape index (κ1) is 12.8. The van der Waals surface area contributed by atoms with E-state index in [9.17, 15) is 4.79 Å². The summed E-state index contributed by atoms with van der Waals surface area (Å²) in [6, 6.07) is 7.74. The van der Waals surface area contributed by atoms with Crippen LogP contribution in [0.15, 0.2) is 35.8 Å². The van der Waals surface area contributed by atoms with Crippen LogP contribution >= 0.6 is 11.3 Å². The van der Waals surface area contributed by atoms with Crippen LogP contribution in [0.1, 0.15) is 29.8 Å². The number of carbonyl (C=O) groups is 1. The monoisotopic (exact) mass is 260 g/mol. The van der Waals surface area contributed by atoms with Crippen LogP contribution in [-0.4, -0.2) is 10.9 Å². The fourth-order valence-corrected chi connectivity index (χ4v) is 2.24. The second kappa shape index (κ2) is 5.78. The quantitative estimate of drug-likeness (QED) is 0.912. The van der Waals surface area contributed by atoms with E-state index in [-0.39, 0.29) is 5.91 Å². The summed E-state index contributed by atoms with van der Waals surface area (Å²) in [5.41, 5.74) is 1.92. The van der Waals surface area contributed by atoms with E-state index < -0.39 is 0 Å². The molecule has 0 unspecified atom stereocenters. The highest BCUT2D eigenvalue weighted by Crippen LogP contribution is 2.14. The number of nitrogens with zero attached hydrogens (tertiary/aromatic N) is 1. The number of anilines is 1. The predicted octanol–water partition coefficient (Wildman–Crippen LogP) is 3.59. The largest absolute Gasteiger partial charge is 0.298 e. The van der Waals surface area contributed by atoms with E-state index in [1.807, 2.05) is 29.6 Å². The lowest BCUT2D eigenvalue weighted by Gasteiger charge is -2.06. The van der Waals surface area contributed by atoms with Gasteiger partial charge in [0.1, 0.15) is 0 Å². The second-order valence-electron chi connectivity index (χ2n) is 4.59. The zero-order chi connectivity index (χ0) is 13.0. The maximum Gasteiger partial charge on any atom is 0.257 e. The van der Waals surface area contributed by atoms with Gasteiger partial charge < -0.3 is 0 Å². The Bertz CT molecular complexity index is 503. The van der Waals surface area contributed by atoms with Gasteiger partial charge in [-0.15, -0.1) is 11.3 Å². The van der Waals surface area contributed by atoms with Gasteiger partial charge in [-0.25, -0.2) is 4.98 Å². The number of carbonyl (C=O) groups excluding carboxylic acids is 1. The summed E-state index contributed by atoms with van der Waals surface area (Å²) in [6.45, 7) is 4.37. The topological polar surface area (TPSA) is 42.0 Å². The minimum absolute atomic E-state index is 0.110. The summed E-state index contributed by atoms with van der Waals surface area (Å²) in [4.78, 5) is 15.9. The third kappa shape index (κ3) is 3.40. The van der Waals surface area contributed by atoms with Crippen LogP contribution in [0, 0.1) is 5.92 Å². The van der Waals surface area contributed by atoms with Crippen molar-refractivity contribution >= 4 is 22.4 Å². The molecule has 0 fully saturated rings. The van der Waals surface area contributed by atoms with E-state index in [0.717, 1.165) is 6.42 Å². The third-order valence-electron chi connectivity index (χ3n) is 2.51. The lowest BCUT2D eigenvalue weighted by Crippen LogP contribution is -2.11. The SMILES string of the molecule is CC(C)Cc1ccc(C(=O)Nc2nccs2)cc1. The first-order chi connectivity index (χ1) is 8.65. The number of thiazole rings is 1. The van der Waals surface area contributed by atoms with E-state index in [2.05, 4.69) is 24.1 Å². The average Bonchev–Trinajstić information content (AvgIpc) is 2.82. The van der Waals surface area contributed by atoms with Crippen molar-refractivity contribution < 1.29 is 4.79 Å². The van der Waals surface area contributed by atoms with Gasteiger partial charge in [0.15, 0.2) is 5.13 Å². The highest BCUT2D eigenvalue weighted by Gasteiger charge is 2.07. The zero-order valence-electron chi connectivity index (χ0n) is 10.5. The van der Waals surface area contributed by atoms with Crippen LogP contribution < -0.4 is 5.32 Å². The minimum atomic E-state index is -0.110. The van der Waals surface area contributed by atoms with Crippen molar-refractivity contribution in [3.05, 3.63) is 47.0 Å². The second-order valence-corrected chi connectivity index (χ2v) is 5.48. The number of nitrogens with one attached hydrogen (secondary N) is 1. The van der Waals surface area contributed by atoms with Crippen LogP contribution in [0.5, 0.6) is 0 Å². The van der Waals surface area contributed by atoms with Crippen LogP contribution in [0.2, 0.25) is 0 Å². The molecule has 0 aliphatic rings. The molecule has 4 heteroatoms. The Kier molecular flexibility index (Phi) is 4.10. The number of aromatic nitrogens is 1. The van der Waals surface area contributed by atoms with Crippen LogP contribution in [0.3, 0.4) is 0 Å². The normalized spacial score (nSPS) is 10.6. The molecular formula is C14H16N2OS. The van der Waals surface area contributed by atoms with Crippen molar-refractivity contribution in [1.82, 2.24) is 4.98 Å². The molecule has 0 bridgehead atoms. The summed E-state index contributed by atoms with van der Waals surface area (Å²) < 4.78 is 0. The lowest BCUT2D eigenvalue weighted by molar-refractivity contribution is 0.102. The molecular weight excluding hydrogens is 244 g/mol. The fourth-order valence-electron chi connectivity index (χ4n) is 1.72. The molecule has 94 valence electrons. The molecule has 1 N–H and O–H groups in total. The summed E-state index contributed by atoms with van der Waals surface area (Å²) in [6.07, 6.45) is 2.71. The molecule has 2 aromatic rings. The first-order valence-electron chi connectivity index (χ1n) is 5.95. The third-order valence-corrected chi connectivity index (χ3v) is 3.20. The number of hydrogen-bond donors (Lipinski definition) is 1. The van der Waals surface area contributed by atoms with Gasteiger partial charge in [-0.1, -0.05) is 26.0 Å². The van der Waals surface area contributed by atoms with Crippen molar-refractivity contribution in [2.75, 3.05) is 5.32 Å². The van der Waals surface area contributed by atoms with E-state index in [0.29, 0.717) is 16.6 Å². The van der Waals surface area contributed by atoms with Crippen LogP contribution in [0.25, 0.3) is 0 Å².